The van der Waals surface area contributed by atoms with Gasteiger partial charge in [-0.15, -0.1) is 35.3 Å². The van der Waals surface area contributed by atoms with Crippen LogP contribution in [0.3, 0.4) is 0 Å². The van der Waals surface area contributed by atoms with Crippen molar-refractivity contribution in [2.45, 2.75) is 13.5 Å². The van der Waals surface area contributed by atoms with Crippen LogP contribution in [0.25, 0.3) is 0 Å². The number of hydrogen-bond donors (Lipinski definition) is 1. The van der Waals surface area contributed by atoms with Gasteiger partial charge in [-0.05, 0) is 30.2 Å². The van der Waals surface area contributed by atoms with E-state index in [1.54, 1.807) is 18.4 Å². The Hall–Kier alpha value is -1.55. The monoisotopic (exact) mass is 473 g/mol. The highest BCUT2D eigenvalue weighted by atomic mass is 127. The van der Waals surface area contributed by atoms with Gasteiger partial charge in [-0.1, -0.05) is 6.07 Å². The fourth-order valence-electron chi connectivity index (χ4n) is 2.80. The maximum Gasteiger partial charge on any atom is 0.191 e. The number of nitrogens with zero attached hydrogens (tertiary/aromatic N) is 4. The molecule has 0 unspecified atom stereocenters. The van der Waals surface area contributed by atoms with E-state index >= 15 is 0 Å². The normalized spacial score (nSPS) is 15.0. The zero-order valence-corrected chi connectivity index (χ0v) is 17.7. The zero-order chi connectivity index (χ0) is 16.9. The summed E-state index contributed by atoms with van der Waals surface area (Å²) >= 11 is 1.67. The molecule has 0 spiro atoms. The van der Waals surface area contributed by atoms with Gasteiger partial charge in [0.15, 0.2) is 11.1 Å². The maximum absolute atomic E-state index is 6.18. The molecule has 1 saturated heterocycles. The molecule has 2 aromatic rings. The van der Waals surface area contributed by atoms with Crippen LogP contribution in [-0.2, 0) is 6.54 Å². The number of nitrogens with two attached hydrogens (primary N) is 1. The predicted octanol–water partition coefficient (Wildman–Crippen LogP) is 2.72. The first kappa shape index (κ1) is 19.8. The van der Waals surface area contributed by atoms with Crippen molar-refractivity contribution in [2.75, 3.05) is 38.2 Å². The van der Waals surface area contributed by atoms with Gasteiger partial charge in [0, 0.05) is 37.8 Å². The van der Waals surface area contributed by atoms with Crippen LogP contribution in [0, 0.1) is 6.92 Å². The number of ether oxygens (including phenoxy) is 1. The van der Waals surface area contributed by atoms with Crippen LogP contribution in [0.4, 0.5) is 5.13 Å². The summed E-state index contributed by atoms with van der Waals surface area (Å²) in [6, 6.07) is 6.12. The topological polar surface area (TPSA) is 67.0 Å². The molecule has 1 aliphatic rings. The molecule has 1 aromatic carbocycles. The molecule has 0 aliphatic carbocycles. The van der Waals surface area contributed by atoms with Crippen LogP contribution in [0.15, 0.2) is 34.8 Å². The Balaban J connectivity index is 0.00000225. The van der Waals surface area contributed by atoms with E-state index in [0.717, 1.165) is 48.2 Å². The summed E-state index contributed by atoms with van der Waals surface area (Å²) in [5, 5.41) is 3.09. The minimum Gasteiger partial charge on any atom is -0.497 e. The lowest BCUT2D eigenvalue weighted by molar-refractivity contribution is 0.380. The molecule has 1 fully saturated rings. The number of thiazole rings is 1. The molecular weight excluding hydrogens is 449 g/mol. The van der Waals surface area contributed by atoms with Crippen LogP contribution < -0.4 is 15.4 Å². The van der Waals surface area contributed by atoms with Crippen molar-refractivity contribution in [3.8, 4) is 5.75 Å². The number of aliphatic imine (C=N–C) groups is 1. The first-order chi connectivity index (χ1) is 11.7. The summed E-state index contributed by atoms with van der Waals surface area (Å²) in [5.41, 5.74) is 8.45. The van der Waals surface area contributed by atoms with Gasteiger partial charge in [-0.3, -0.25) is 0 Å². The standard InChI is InChI=1S/C17H23N5OS.HI/c1-13-9-14(11-15(10-13)23-2)12-20-16(18)21-4-6-22(7-5-21)17-19-3-8-24-17;/h3,8-11H,4-7,12H2,1-2H3,(H2,18,20);1H. The van der Waals surface area contributed by atoms with E-state index in [4.69, 9.17) is 10.5 Å². The Morgan fingerprint density at radius 2 is 2.04 bits per heavy atom. The summed E-state index contributed by atoms with van der Waals surface area (Å²) in [7, 11) is 1.68. The van der Waals surface area contributed by atoms with Crippen molar-refractivity contribution in [2.24, 2.45) is 10.7 Å². The van der Waals surface area contributed by atoms with Gasteiger partial charge in [0.2, 0.25) is 0 Å². The van der Waals surface area contributed by atoms with Crippen LogP contribution in [0.1, 0.15) is 11.1 Å². The van der Waals surface area contributed by atoms with E-state index in [1.807, 2.05) is 23.7 Å². The second kappa shape index (κ2) is 9.23. The third kappa shape index (κ3) is 5.21. The lowest BCUT2D eigenvalue weighted by Gasteiger charge is -2.35. The van der Waals surface area contributed by atoms with Crippen molar-refractivity contribution in [3.05, 3.63) is 40.9 Å². The largest absolute Gasteiger partial charge is 0.497 e. The van der Waals surface area contributed by atoms with Crippen LogP contribution >= 0.6 is 35.3 Å². The molecule has 2 heterocycles. The fourth-order valence-corrected chi connectivity index (χ4v) is 3.50. The van der Waals surface area contributed by atoms with Crippen LogP contribution in [0.5, 0.6) is 5.75 Å². The zero-order valence-electron chi connectivity index (χ0n) is 14.5. The summed E-state index contributed by atoms with van der Waals surface area (Å²) in [5.74, 6) is 1.46. The second-order valence-electron chi connectivity index (χ2n) is 5.82. The average Bonchev–Trinajstić information content (AvgIpc) is 3.14. The predicted molar refractivity (Wildman–Crippen MR) is 114 cm³/mol. The lowest BCUT2D eigenvalue weighted by Crippen LogP contribution is -2.51. The first-order valence-corrected chi connectivity index (χ1v) is 8.87. The summed E-state index contributed by atoms with van der Waals surface area (Å²) in [6.07, 6.45) is 1.85. The van der Waals surface area contributed by atoms with Gasteiger partial charge in [0.25, 0.3) is 0 Å². The third-order valence-electron chi connectivity index (χ3n) is 4.06. The molecule has 0 saturated carbocycles. The number of methoxy groups -OCH3 is 1. The molecule has 0 bridgehead atoms. The molecule has 0 radical (unpaired) electrons. The highest BCUT2D eigenvalue weighted by Gasteiger charge is 2.19. The van der Waals surface area contributed by atoms with E-state index in [-0.39, 0.29) is 24.0 Å². The van der Waals surface area contributed by atoms with Gasteiger partial charge < -0.3 is 20.3 Å². The molecule has 3 rings (SSSR count). The van der Waals surface area contributed by atoms with Crippen LogP contribution in [-0.4, -0.2) is 49.1 Å². The third-order valence-corrected chi connectivity index (χ3v) is 4.90. The number of rotatable bonds is 4. The molecule has 1 aliphatic heterocycles. The molecule has 2 N–H and O–H groups in total. The van der Waals surface area contributed by atoms with Gasteiger partial charge in [0.1, 0.15) is 5.75 Å². The second-order valence-corrected chi connectivity index (χ2v) is 6.69. The minimum atomic E-state index is 0. The highest BCUT2D eigenvalue weighted by Crippen LogP contribution is 2.19. The van der Waals surface area contributed by atoms with Crippen LogP contribution in [0.2, 0.25) is 0 Å². The molecule has 1 aromatic heterocycles. The molecule has 6 nitrogen and oxygen atoms in total. The average molecular weight is 473 g/mol. The molecule has 0 atom stereocenters. The van der Waals surface area contributed by atoms with Crippen molar-refractivity contribution < 1.29 is 4.74 Å². The quantitative estimate of drug-likeness (QED) is 0.420. The Morgan fingerprint density at radius 3 is 2.68 bits per heavy atom. The number of guanidine groups is 1. The Labute approximate surface area is 169 Å². The first-order valence-electron chi connectivity index (χ1n) is 7.99. The van der Waals surface area contributed by atoms with E-state index in [9.17, 15) is 0 Å². The van der Waals surface area contributed by atoms with Crippen molar-refractivity contribution in [1.29, 1.82) is 0 Å². The van der Waals surface area contributed by atoms with Gasteiger partial charge >= 0.3 is 0 Å². The molecular formula is C17H24IN5OS. The summed E-state index contributed by atoms with van der Waals surface area (Å²) < 4.78 is 5.31. The Bertz CT molecular complexity index is 699. The van der Waals surface area contributed by atoms with Crippen molar-refractivity contribution in [3.63, 3.8) is 0 Å². The van der Waals surface area contributed by atoms with Gasteiger partial charge in [0.05, 0.1) is 13.7 Å². The van der Waals surface area contributed by atoms with E-state index in [1.165, 1.54) is 0 Å². The number of benzene rings is 1. The van der Waals surface area contributed by atoms with Crippen molar-refractivity contribution in [1.82, 2.24) is 9.88 Å². The van der Waals surface area contributed by atoms with E-state index in [0.29, 0.717) is 12.5 Å². The summed E-state index contributed by atoms with van der Waals surface area (Å²) in [4.78, 5) is 13.3. The lowest BCUT2D eigenvalue weighted by atomic mass is 10.1. The van der Waals surface area contributed by atoms with Gasteiger partial charge in [-0.2, -0.15) is 0 Å². The molecule has 0 amide bonds. The van der Waals surface area contributed by atoms with E-state index < -0.39 is 0 Å². The number of hydrogen-bond acceptors (Lipinski definition) is 5. The number of aryl methyl sites for hydroxylation is 1. The number of piperazine rings is 1. The van der Waals surface area contributed by atoms with Crippen molar-refractivity contribution >= 4 is 46.4 Å². The maximum atomic E-state index is 6.18. The van der Waals surface area contributed by atoms with Gasteiger partial charge in [-0.25, -0.2) is 9.98 Å². The fraction of sp³-hybridized carbons (Fsp3) is 0.412. The SMILES string of the molecule is COc1cc(C)cc(CN=C(N)N2CCN(c3nccs3)CC2)c1.I. The minimum absolute atomic E-state index is 0. The Morgan fingerprint density at radius 1 is 1.28 bits per heavy atom. The van der Waals surface area contributed by atoms with E-state index in [2.05, 4.69) is 32.8 Å². The molecule has 8 heteroatoms. The highest BCUT2D eigenvalue weighted by molar-refractivity contribution is 14.0. The molecule has 136 valence electrons. The smallest absolute Gasteiger partial charge is 0.191 e. The number of anilines is 1. The molecule has 25 heavy (non-hydrogen) atoms. The number of halogens is 1. The summed E-state index contributed by atoms with van der Waals surface area (Å²) in [6.45, 7) is 6.19. The Kier molecular flexibility index (Phi) is 7.30. The number of aromatic nitrogens is 1.